The summed E-state index contributed by atoms with van der Waals surface area (Å²) in [6.45, 7) is -0.732. The van der Waals surface area contributed by atoms with Gasteiger partial charge in [0.15, 0.2) is 0 Å². The molecule has 0 fully saturated rings. The van der Waals surface area contributed by atoms with Gasteiger partial charge < -0.3 is 15.7 Å². The lowest BCUT2D eigenvalue weighted by molar-refractivity contribution is -0.137. The molecule has 3 N–H and O–H groups in total. The lowest BCUT2D eigenvalue weighted by Gasteiger charge is -2.05. The molecule has 0 heterocycles. The molecule has 0 radical (unpaired) electrons. The molecule has 0 saturated heterocycles. The van der Waals surface area contributed by atoms with Crippen LogP contribution in [0, 0.1) is 0 Å². The number of benzene rings is 1. The van der Waals surface area contributed by atoms with Crippen LogP contribution in [0.15, 0.2) is 28.7 Å². The maximum Gasteiger partial charge on any atom is 0.322 e. The van der Waals surface area contributed by atoms with Crippen LogP contribution >= 0.6 is 15.9 Å². The summed E-state index contributed by atoms with van der Waals surface area (Å²) in [7, 11) is 0. The number of hydrogen-bond acceptors (Lipinski definition) is 3. The van der Waals surface area contributed by atoms with Crippen LogP contribution in [0.1, 0.15) is 10.4 Å². The highest BCUT2D eigenvalue weighted by molar-refractivity contribution is 9.10. The normalized spacial score (nSPS) is 9.61. The summed E-state index contributed by atoms with van der Waals surface area (Å²) in [5.41, 5.74) is 0.412. The molecule has 1 aromatic rings. The van der Waals surface area contributed by atoms with E-state index in [0.29, 0.717) is 5.56 Å². The van der Waals surface area contributed by atoms with Gasteiger partial charge in [-0.1, -0.05) is 22.0 Å². The standard InChI is InChI=1S/C11H11BrN2O4/c12-8-3-1-2-7(4-8)11(18)14-5-9(15)13-6-10(16)17/h1-4H,5-6H2,(H,13,15)(H,14,18)(H,16,17). The zero-order valence-corrected chi connectivity index (χ0v) is 10.9. The fourth-order valence-corrected chi connectivity index (χ4v) is 1.53. The topological polar surface area (TPSA) is 95.5 Å². The number of rotatable bonds is 5. The third kappa shape index (κ3) is 4.96. The van der Waals surface area contributed by atoms with Gasteiger partial charge in [-0.3, -0.25) is 14.4 Å². The van der Waals surface area contributed by atoms with E-state index in [0.717, 1.165) is 4.47 Å². The summed E-state index contributed by atoms with van der Waals surface area (Å²) >= 11 is 3.23. The number of aliphatic carboxylic acids is 1. The first-order chi connectivity index (χ1) is 8.49. The fourth-order valence-electron chi connectivity index (χ4n) is 1.13. The van der Waals surface area contributed by atoms with Crippen LogP contribution < -0.4 is 10.6 Å². The van der Waals surface area contributed by atoms with Gasteiger partial charge in [-0.05, 0) is 18.2 Å². The van der Waals surface area contributed by atoms with Crippen molar-refractivity contribution < 1.29 is 19.5 Å². The summed E-state index contributed by atoms with van der Waals surface area (Å²) in [5, 5.41) is 12.9. The summed E-state index contributed by atoms with van der Waals surface area (Å²) in [6, 6.07) is 6.69. The zero-order chi connectivity index (χ0) is 13.5. The minimum absolute atomic E-state index is 0.265. The van der Waals surface area contributed by atoms with Gasteiger partial charge in [0.25, 0.3) is 5.91 Å². The minimum Gasteiger partial charge on any atom is -0.480 e. The van der Waals surface area contributed by atoms with Gasteiger partial charge in [0, 0.05) is 10.0 Å². The molecule has 0 atom stereocenters. The summed E-state index contributed by atoms with van der Waals surface area (Å²) in [4.78, 5) is 33.0. The van der Waals surface area contributed by atoms with Crippen molar-refractivity contribution in [3.8, 4) is 0 Å². The Morgan fingerprint density at radius 2 is 1.89 bits per heavy atom. The molecule has 1 rings (SSSR count). The van der Waals surface area contributed by atoms with Gasteiger partial charge in [0.05, 0.1) is 6.54 Å². The van der Waals surface area contributed by atoms with Gasteiger partial charge in [-0.25, -0.2) is 0 Å². The second-order valence-corrected chi connectivity index (χ2v) is 4.28. The van der Waals surface area contributed by atoms with Crippen molar-refractivity contribution in [3.63, 3.8) is 0 Å². The van der Waals surface area contributed by atoms with Crippen LogP contribution in [0.25, 0.3) is 0 Å². The zero-order valence-electron chi connectivity index (χ0n) is 9.27. The maximum atomic E-state index is 11.6. The molecule has 0 aliphatic rings. The molecule has 0 unspecified atom stereocenters. The predicted molar refractivity (Wildman–Crippen MR) is 67.1 cm³/mol. The highest BCUT2D eigenvalue weighted by Crippen LogP contribution is 2.11. The molecular weight excluding hydrogens is 304 g/mol. The average molecular weight is 315 g/mol. The predicted octanol–water partition coefficient (Wildman–Crippen LogP) is 0.380. The largest absolute Gasteiger partial charge is 0.480 e. The van der Waals surface area contributed by atoms with E-state index >= 15 is 0 Å². The van der Waals surface area contributed by atoms with Gasteiger partial charge >= 0.3 is 5.97 Å². The van der Waals surface area contributed by atoms with E-state index in [1.54, 1.807) is 24.3 Å². The molecule has 0 spiro atoms. The molecule has 0 aliphatic carbocycles. The molecular formula is C11H11BrN2O4. The molecule has 0 bridgehead atoms. The van der Waals surface area contributed by atoms with Crippen LogP contribution in [0.2, 0.25) is 0 Å². The molecule has 1 aromatic carbocycles. The SMILES string of the molecule is O=C(O)CNC(=O)CNC(=O)c1cccc(Br)c1. The van der Waals surface area contributed by atoms with Crippen LogP contribution in [-0.2, 0) is 9.59 Å². The first-order valence-electron chi connectivity index (χ1n) is 5.01. The van der Waals surface area contributed by atoms with Crippen LogP contribution in [0.5, 0.6) is 0 Å². The second kappa shape index (κ2) is 6.75. The smallest absolute Gasteiger partial charge is 0.322 e. The fraction of sp³-hybridized carbons (Fsp3) is 0.182. The third-order valence-electron chi connectivity index (χ3n) is 1.93. The first kappa shape index (κ1) is 14.2. The van der Waals surface area contributed by atoms with E-state index in [2.05, 4.69) is 26.6 Å². The van der Waals surface area contributed by atoms with E-state index < -0.39 is 24.3 Å². The molecule has 0 aromatic heterocycles. The lowest BCUT2D eigenvalue weighted by Crippen LogP contribution is -2.39. The molecule has 2 amide bonds. The Balaban J connectivity index is 2.42. The lowest BCUT2D eigenvalue weighted by atomic mass is 10.2. The van der Waals surface area contributed by atoms with Gasteiger partial charge in [-0.15, -0.1) is 0 Å². The highest BCUT2D eigenvalue weighted by atomic mass is 79.9. The van der Waals surface area contributed by atoms with Gasteiger partial charge in [0.1, 0.15) is 6.54 Å². The van der Waals surface area contributed by atoms with E-state index in [1.165, 1.54) is 0 Å². The van der Waals surface area contributed by atoms with Crippen molar-refractivity contribution in [1.29, 1.82) is 0 Å². The molecule has 6 nitrogen and oxygen atoms in total. The number of nitrogens with one attached hydrogen (secondary N) is 2. The Bertz CT molecular complexity index is 476. The Hall–Kier alpha value is -1.89. The summed E-state index contributed by atoms with van der Waals surface area (Å²) < 4.78 is 0.755. The van der Waals surface area contributed by atoms with Crippen molar-refractivity contribution in [2.75, 3.05) is 13.1 Å². The number of carbonyl (C=O) groups excluding carboxylic acids is 2. The first-order valence-corrected chi connectivity index (χ1v) is 5.80. The van der Waals surface area contributed by atoms with E-state index in [1.807, 2.05) is 0 Å². The van der Waals surface area contributed by atoms with Crippen LogP contribution in [0.4, 0.5) is 0 Å². The number of carboxylic acid groups (broad SMARTS) is 1. The quantitative estimate of drug-likeness (QED) is 0.732. The Kier molecular flexibility index (Phi) is 5.31. The van der Waals surface area contributed by atoms with Crippen LogP contribution in [-0.4, -0.2) is 36.0 Å². The Morgan fingerprint density at radius 1 is 1.17 bits per heavy atom. The van der Waals surface area contributed by atoms with Crippen molar-refractivity contribution in [2.24, 2.45) is 0 Å². The van der Waals surface area contributed by atoms with E-state index in [9.17, 15) is 14.4 Å². The minimum atomic E-state index is -1.14. The summed E-state index contributed by atoms with van der Waals surface area (Å²) in [5.74, 6) is -2.09. The number of carboxylic acids is 1. The molecule has 7 heteroatoms. The van der Waals surface area contributed by atoms with Crippen molar-refractivity contribution in [3.05, 3.63) is 34.3 Å². The molecule has 0 aliphatic heterocycles. The van der Waals surface area contributed by atoms with Crippen molar-refractivity contribution in [1.82, 2.24) is 10.6 Å². The average Bonchev–Trinajstić information content (AvgIpc) is 2.33. The number of halogens is 1. The number of carbonyl (C=O) groups is 3. The Labute approximate surface area is 112 Å². The van der Waals surface area contributed by atoms with E-state index in [4.69, 9.17) is 5.11 Å². The van der Waals surface area contributed by atoms with Gasteiger partial charge in [0.2, 0.25) is 5.91 Å². The maximum absolute atomic E-state index is 11.6. The highest BCUT2D eigenvalue weighted by Gasteiger charge is 2.08. The van der Waals surface area contributed by atoms with Gasteiger partial charge in [-0.2, -0.15) is 0 Å². The third-order valence-corrected chi connectivity index (χ3v) is 2.43. The number of hydrogen-bond donors (Lipinski definition) is 3. The molecule has 96 valence electrons. The Morgan fingerprint density at radius 3 is 2.50 bits per heavy atom. The van der Waals surface area contributed by atoms with Crippen LogP contribution in [0.3, 0.4) is 0 Å². The summed E-state index contributed by atoms with van der Waals surface area (Å²) in [6.07, 6.45) is 0. The molecule has 0 saturated carbocycles. The number of amides is 2. The second-order valence-electron chi connectivity index (χ2n) is 3.36. The molecule has 18 heavy (non-hydrogen) atoms. The van der Waals surface area contributed by atoms with E-state index in [-0.39, 0.29) is 6.54 Å². The van der Waals surface area contributed by atoms with Crippen molar-refractivity contribution in [2.45, 2.75) is 0 Å². The monoisotopic (exact) mass is 314 g/mol. The van der Waals surface area contributed by atoms with Crippen molar-refractivity contribution >= 4 is 33.7 Å².